The number of para-hydroxylation sites is 1. The number of nitrogens with one attached hydrogen (secondary N) is 1. The lowest BCUT2D eigenvalue weighted by Crippen LogP contribution is -2.29. The minimum absolute atomic E-state index is 0.0777. The van der Waals surface area contributed by atoms with Gasteiger partial charge in [0, 0.05) is 23.2 Å². The van der Waals surface area contributed by atoms with Gasteiger partial charge in [-0.3, -0.25) is 9.59 Å². The maximum Gasteiger partial charge on any atom is 0.266 e. The number of fused-ring (bicyclic) bond motifs is 2. The van der Waals surface area contributed by atoms with Crippen LogP contribution < -0.4 is 20.6 Å². The summed E-state index contributed by atoms with van der Waals surface area (Å²) in [6, 6.07) is 12.8. The van der Waals surface area contributed by atoms with Crippen LogP contribution in [0.15, 0.2) is 70.9 Å². The average molecular weight is 399 g/mol. The third-order valence-electron chi connectivity index (χ3n) is 4.25. The molecule has 148 valence electrons. The van der Waals surface area contributed by atoms with Gasteiger partial charge >= 0.3 is 0 Å². The number of amides is 2. The quantitative estimate of drug-likeness (QED) is 0.575. The first-order valence-electron chi connectivity index (χ1n) is 9.23. The van der Waals surface area contributed by atoms with Gasteiger partial charge in [0.05, 0.1) is 17.1 Å². The Morgan fingerprint density at radius 2 is 1.90 bits per heavy atom. The van der Waals surface area contributed by atoms with Crippen molar-refractivity contribution in [2.24, 2.45) is 9.98 Å². The first-order chi connectivity index (χ1) is 14.7. The van der Waals surface area contributed by atoms with Crippen LogP contribution in [-0.4, -0.2) is 34.6 Å². The van der Waals surface area contributed by atoms with Gasteiger partial charge in [-0.05, 0) is 24.3 Å². The van der Waals surface area contributed by atoms with Crippen LogP contribution in [0.4, 0.5) is 5.82 Å². The Kier molecular flexibility index (Phi) is 5.66. The van der Waals surface area contributed by atoms with E-state index in [1.54, 1.807) is 12.2 Å². The highest BCUT2D eigenvalue weighted by Crippen LogP contribution is 2.25. The van der Waals surface area contributed by atoms with Crippen LogP contribution in [0, 0.1) is 0 Å². The fourth-order valence-corrected chi connectivity index (χ4v) is 2.79. The summed E-state index contributed by atoms with van der Waals surface area (Å²) in [5.41, 5.74) is 0.734. The van der Waals surface area contributed by atoms with Crippen LogP contribution in [0.1, 0.15) is 6.42 Å². The molecule has 0 aliphatic carbocycles. The van der Waals surface area contributed by atoms with Crippen molar-refractivity contribution in [3.8, 4) is 5.75 Å². The lowest BCUT2D eigenvalue weighted by atomic mass is 10.2. The molecule has 0 saturated heterocycles. The maximum atomic E-state index is 12.0. The van der Waals surface area contributed by atoms with Crippen LogP contribution in [-0.2, 0) is 9.59 Å². The van der Waals surface area contributed by atoms with Crippen molar-refractivity contribution in [1.82, 2.24) is 15.3 Å². The summed E-state index contributed by atoms with van der Waals surface area (Å²) < 4.78 is 5.73. The lowest BCUT2D eigenvalue weighted by Gasteiger charge is -2.06. The van der Waals surface area contributed by atoms with Crippen LogP contribution in [0.2, 0.25) is 0 Å². The molecule has 3 aromatic rings. The summed E-state index contributed by atoms with van der Waals surface area (Å²) in [6.07, 6.45) is 7.38. The molecule has 0 radical (unpaired) electrons. The van der Waals surface area contributed by atoms with Crippen molar-refractivity contribution in [1.29, 1.82) is 0 Å². The van der Waals surface area contributed by atoms with Gasteiger partial charge < -0.3 is 10.1 Å². The number of hydrogen-bond acceptors (Lipinski definition) is 6. The molecule has 2 amide bonds. The number of carbonyl (C=O) groups excluding carboxylic acids is 2. The number of ether oxygens (including phenoxy) is 1. The van der Waals surface area contributed by atoms with E-state index in [1.807, 2.05) is 42.5 Å². The smallest absolute Gasteiger partial charge is 0.266 e. The predicted molar refractivity (Wildman–Crippen MR) is 112 cm³/mol. The molecule has 2 heterocycles. The Morgan fingerprint density at radius 1 is 1.00 bits per heavy atom. The van der Waals surface area contributed by atoms with E-state index in [1.165, 1.54) is 12.5 Å². The van der Waals surface area contributed by atoms with E-state index in [9.17, 15) is 9.59 Å². The standard InChI is InChI=1S/C22H17N5O3/c28-20-7-3-4-10-30-16-8-9-19-17(11-16)22(26-14-25-19)27-18-6-2-1-5-15(18)12-23-21(29)13-24-20/h1-6,8-9,11-14H,7,10H2,(H,23,29)/b4-3-,15-12+,24-13+,27-18+. The predicted octanol–water partition coefficient (Wildman–Crippen LogP) is 1.37. The van der Waals surface area contributed by atoms with Gasteiger partial charge in [0.15, 0.2) is 5.82 Å². The van der Waals surface area contributed by atoms with Gasteiger partial charge in [-0.1, -0.05) is 30.4 Å². The second-order valence-electron chi connectivity index (χ2n) is 6.34. The number of benzene rings is 2. The molecular weight excluding hydrogens is 382 g/mol. The summed E-state index contributed by atoms with van der Waals surface area (Å²) in [6.45, 7) is 0.279. The number of carbonyl (C=O) groups is 2. The molecule has 0 unspecified atom stereocenters. The zero-order valence-corrected chi connectivity index (χ0v) is 15.9. The molecule has 1 aliphatic heterocycles. The third kappa shape index (κ3) is 4.61. The minimum Gasteiger partial charge on any atom is -0.490 e. The molecule has 0 saturated carbocycles. The van der Waals surface area contributed by atoms with Gasteiger partial charge in [-0.25, -0.2) is 20.0 Å². The van der Waals surface area contributed by atoms with E-state index in [4.69, 9.17) is 4.74 Å². The summed E-state index contributed by atoms with van der Waals surface area (Å²) in [7, 11) is 0. The van der Waals surface area contributed by atoms with Crippen LogP contribution in [0.3, 0.4) is 0 Å². The first-order valence-corrected chi connectivity index (χ1v) is 9.23. The molecule has 1 N–H and O–H groups in total. The number of rotatable bonds is 0. The first kappa shape index (κ1) is 19.1. The van der Waals surface area contributed by atoms with Crippen molar-refractivity contribution < 1.29 is 14.3 Å². The average Bonchev–Trinajstić information content (AvgIpc) is 2.76. The van der Waals surface area contributed by atoms with Gasteiger partial charge in [0.2, 0.25) is 5.91 Å². The Bertz CT molecular complexity index is 1300. The van der Waals surface area contributed by atoms with E-state index in [0.717, 1.165) is 17.1 Å². The lowest BCUT2D eigenvalue weighted by molar-refractivity contribution is -0.118. The van der Waals surface area contributed by atoms with E-state index in [0.29, 0.717) is 22.1 Å². The molecule has 8 heteroatoms. The van der Waals surface area contributed by atoms with Crippen LogP contribution >= 0.6 is 0 Å². The van der Waals surface area contributed by atoms with Crippen molar-refractivity contribution >= 4 is 40.9 Å². The molecule has 30 heavy (non-hydrogen) atoms. The summed E-state index contributed by atoms with van der Waals surface area (Å²) in [5, 5.41) is 4.62. The fourth-order valence-electron chi connectivity index (χ4n) is 2.79. The summed E-state index contributed by atoms with van der Waals surface area (Å²) in [5.74, 6) is 0.187. The van der Waals surface area contributed by atoms with Gasteiger partial charge in [-0.15, -0.1) is 0 Å². The Morgan fingerprint density at radius 3 is 2.83 bits per heavy atom. The minimum atomic E-state index is -0.510. The van der Waals surface area contributed by atoms with Gasteiger partial charge in [0.25, 0.3) is 5.91 Å². The van der Waals surface area contributed by atoms with Crippen molar-refractivity contribution in [2.45, 2.75) is 6.42 Å². The molecule has 0 atom stereocenters. The molecule has 4 rings (SSSR count). The normalized spacial score (nSPS) is 19.1. The highest BCUT2D eigenvalue weighted by atomic mass is 16.5. The van der Waals surface area contributed by atoms with E-state index in [2.05, 4.69) is 25.3 Å². The molecule has 1 aliphatic rings. The second kappa shape index (κ2) is 8.87. The molecule has 0 spiro atoms. The number of aliphatic imine (C=N–C) groups is 1. The van der Waals surface area contributed by atoms with Crippen LogP contribution in [0.5, 0.6) is 5.75 Å². The monoisotopic (exact) mass is 399 g/mol. The van der Waals surface area contributed by atoms with Gasteiger partial charge in [-0.2, -0.15) is 0 Å². The summed E-state index contributed by atoms with van der Waals surface area (Å²) in [4.78, 5) is 40.6. The Hall–Kier alpha value is -4.20. The Balaban J connectivity index is 1.86. The molecule has 0 fully saturated rings. The highest BCUT2D eigenvalue weighted by molar-refractivity contribution is 6.29. The van der Waals surface area contributed by atoms with E-state index in [-0.39, 0.29) is 13.0 Å². The SMILES string of the molecule is O=C1C/C=C\COc2ccc3ncnc(c3c2)/N=c2\cccc\c2=C/NC(=O)/C=N/1. The zero-order valence-electron chi connectivity index (χ0n) is 15.9. The zero-order chi connectivity index (χ0) is 20.8. The molecular formula is C22H17N5O3. The fraction of sp³-hybridized carbons (Fsp3) is 0.0909. The molecule has 8 nitrogen and oxygen atoms in total. The van der Waals surface area contributed by atoms with Crippen molar-refractivity contribution in [3.05, 3.63) is 71.5 Å². The third-order valence-corrected chi connectivity index (χ3v) is 4.25. The number of nitrogens with zero attached hydrogens (tertiary/aromatic N) is 4. The van der Waals surface area contributed by atoms with Crippen LogP contribution in [0.25, 0.3) is 17.1 Å². The molecule has 2 bridgehead atoms. The van der Waals surface area contributed by atoms with Crippen molar-refractivity contribution in [2.75, 3.05) is 6.61 Å². The van der Waals surface area contributed by atoms with Crippen molar-refractivity contribution in [3.63, 3.8) is 0 Å². The molecule has 2 aromatic carbocycles. The largest absolute Gasteiger partial charge is 0.490 e. The van der Waals surface area contributed by atoms with Gasteiger partial charge in [0.1, 0.15) is 18.7 Å². The Labute approximate surface area is 171 Å². The summed E-state index contributed by atoms with van der Waals surface area (Å²) >= 11 is 0. The second-order valence-corrected chi connectivity index (χ2v) is 6.34. The topological polar surface area (TPSA) is 106 Å². The number of hydrogen-bond donors (Lipinski definition) is 1. The highest BCUT2D eigenvalue weighted by Gasteiger charge is 2.05. The van der Waals surface area contributed by atoms with E-state index >= 15 is 0 Å². The van der Waals surface area contributed by atoms with E-state index < -0.39 is 11.8 Å². The number of aromatic nitrogens is 2. The maximum absolute atomic E-state index is 12.0. The molecule has 1 aromatic heterocycles.